The number of allylic oxidation sites excluding steroid dienone is 1. The van der Waals surface area contributed by atoms with Crippen LogP contribution in [-0.2, 0) is 9.53 Å². The number of hydrogen-bond acceptors (Lipinski definition) is 4. The molecule has 1 aliphatic heterocycles. The van der Waals surface area contributed by atoms with Gasteiger partial charge in [-0.3, -0.25) is 4.79 Å². The van der Waals surface area contributed by atoms with Gasteiger partial charge in [-0.25, -0.2) is 0 Å². The van der Waals surface area contributed by atoms with Gasteiger partial charge in [-0.1, -0.05) is 46.8 Å². The van der Waals surface area contributed by atoms with Crippen LogP contribution in [0.15, 0.2) is 12.2 Å². The predicted molar refractivity (Wildman–Crippen MR) is 171 cm³/mol. The van der Waals surface area contributed by atoms with Crippen LogP contribution in [0.1, 0.15) is 131 Å². The fraction of sp³-hybridized carbons (Fsp3) is 0.921. The fourth-order valence-corrected chi connectivity index (χ4v) is 13.2. The molecular formula is C38H63NO3. The summed E-state index contributed by atoms with van der Waals surface area (Å²) in [6.07, 6.45) is 16.0. The Morgan fingerprint density at radius 3 is 2.31 bits per heavy atom. The van der Waals surface area contributed by atoms with Crippen LogP contribution >= 0.6 is 0 Å². The highest BCUT2D eigenvalue weighted by Crippen LogP contribution is 2.77. The van der Waals surface area contributed by atoms with Crippen molar-refractivity contribution < 1.29 is 14.6 Å². The summed E-state index contributed by atoms with van der Waals surface area (Å²) in [6.45, 7) is 23.6. The Kier molecular flexibility index (Phi) is 8.07. The van der Waals surface area contributed by atoms with Crippen molar-refractivity contribution in [1.82, 2.24) is 4.90 Å². The molecule has 4 nitrogen and oxygen atoms in total. The SMILES string of the molecule is C=C(C)C1CCC2(C(=O)OCCCCN3CCCC3)CCC3(C)C(CCC4C5(C)CCC(O)C(C)(C)C5CCC43C)C12. The van der Waals surface area contributed by atoms with E-state index in [0.717, 1.165) is 57.9 Å². The molecule has 6 fully saturated rings. The first kappa shape index (κ1) is 31.1. The number of ether oxygens (including phenoxy) is 1. The van der Waals surface area contributed by atoms with Gasteiger partial charge in [0.15, 0.2) is 0 Å². The number of unbranched alkanes of at least 4 members (excludes halogenated alkanes) is 1. The number of esters is 1. The molecule has 1 heterocycles. The van der Waals surface area contributed by atoms with Crippen LogP contribution in [0, 0.1) is 56.7 Å². The summed E-state index contributed by atoms with van der Waals surface area (Å²) in [7, 11) is 0. The average Bonchev–Trinajstić information content (AvgIpc) is 3.60. The number of nitrogens with zero attached hydrogens (tertiary/aromatic N) is 1. The molecule has 0 spiro atoms. The summed E-state index contributed by atoms with van der Waals surface area (Å²) >= 11 is 0. The van der Waals surface area contributed by atoms with Crippen LogP contribution in [0.2, 0.25) is 0 Å². The third-order valence-electron chi connectivity index (χ3n) is 15.8. The van der Waals surface area contributed by atoms with Gasteiger partial charge >= 0.3 is 5.97 Å². The van der Waals surface area contributed by atoms with E-state index in [1.807, 2.05) is 0 Å². The second-order valence-corrected chi connectivity index (χ2v) is 17.6. The maximum atomic E-state index is 14.2. The first-order valence-electron chi connectivity index (χ1n) is 18.0. The summed E-state index contributed by atoms with van der Waals surface area (Å²) in [5.74, 6) is 2.78. The molecule has 5 aliphatic carbocycles. The third-order valence-corrected chi connectivity index (χ3v) is 15.8. The second-order valence-electron chi connectivity index (χ2n) is 17.6. The highest BCUT2D eigenvalue weighted by molar-refractivity contribution is 5.78. The molecule has 0 radical (unpaired) electrons. The smallest absolute Gasteiger partial charge is 0.312 e. The number of aliphatic hydroxyl groups is 1. The van der Waals surface area contributed by atoms with Crippen LogP contribution in [0.3, 0.4) is 0 Å². The van der Waals surface area contributed by atoms with Crippen molar-refractivity contribution in [2.75, 3.05) is 26.2 Å². The lowest BCUT2D eigenvalue weighted by Crippen LogP contribution is -2.67. The average molecular weight is 582 g/mol. The normalized spacial score (nSPS) is 48.1. The van der Waals surface area contributed by atoms with Crippen LogP contribution in [0.25, 0.3) is 0 Å². The summed E-state index contributed by atoms with van der Waals surface area (Å²) in [5.41, 5.74) is 1.75. The number of likely N-dealkylation sites (tertiary alicyclic amines) is 1. The van der Waals surface area contributed by atoms with E-state index in [1.54, 1.807) is 0 Å². The maximum Gasteiger partial charge on any atom is 0.312 e. The van der Waals surface area contributed by atoms with Gasteiger partial charge < -0.3 is 14.7 Å². The lowest BCUT2D eigenvalue weighted by Gasteiger charge is -2.72. The third kappa shape index (κ3) is 4.45. The van der Waals surface area contributed by atoms with Gasteiger partial charge in [-0.05, 0) is 168 Å². The van der Waals surface area contributed by atoms with E-state index in [4.69, 9.17) is 4.74 Å². The lowest BCUT2D eigenvalue weighted by atomic mass is 9.32. The molecule has 238 valence electrons. The van der Waals surface area contributed by atoms with E-state index >= 15 is 0 Å². The van der Waals surface area contributed by atoms with Crippen molar-refractivity contribution in [3.8, 4) is 0 Å². The molecule has 6 rings (SSSR count). The molecule has 10 atom stereocenters. The van der Waals surface area contributed by atoms with E-state index in [2.05, 4.69) is 53.0 Å². The minimum atomic E-state index is -0.315. The topological polar surface area (TPSA) is 49.8 Å². The maximum absolute atomic E-state index is 14.2. The number of carbonyl (C=O) groups excluding carboxylic acids is 1. The van der Waals surface area contributed by atoms with Crippen molar-refractivity contribution in [3.05, 3.63) is 12.2 Å². The minimum absolute atomic E-state index is 0.0114. The van der Waals surface area contributed by atoms with Gasteiger partial charge in [-0.15, -0.1) is 0 Å². The Bertz CT molecular complexity index is 1050. The number of hydrogen-bond donors (Lipinski definition) is 1. The second kappa shape index (κ2) is 10.9. The first-order chi connectivity index (χ1) is 19.8. The Labute approximate surface area is 257 Å². The van der Waals surface area contributed by atoms with Gasteiger partial charge in [0.2, 0.25) is 0 Å². The molecule has 1 saturated heterocycles. The Hall–Kier alpha value is -0.870. The van der Waals surface area contributed by atoms with Gasteiger partial charge in [-0.2, -0.15) is 0 Å². The van der Waals surface area contributed by atoms with Crippen molar-refractivity contribution in [2.24, 2.45) is 56.7 Å². The predicted octanol–water partition coefficient (Wildman–Crippen LogP) is 8.42. The quantitative estimate of drug-likeness (QED) is 0.186. The van der Waals surface area contributed by atoms with E-state index < -0.39 is 0 Å². The van der Waals surface area contributed by atoms with Crippen LogP contribution in [-0.4, -0.2) is 48.3 Å². The summed E-state index contributed by atoms with van der Waals surface area (Å²) in [6, 6.07) is 0. The molecule has 1 N–H and O–H groups in total. The molecule has 0 aromatic rings. The molecule has 6 aliphatic rings. The summed E-state index contributed by atoms with van der Waals surface area (Å²) < 4.78 is 6.23. The molecule has 4 heteroatoms. The molecule has 5 saturated carbocycles. The summed E-state index contributed by atoms with van der Waals surface area (Å²) in [5, 5.41) is 11.0. The van der Waals surface area contributed by atoms with Crippen molar-refractivity contribution in [1.29, 1.82) is 0 Å². The largest absolute Gasteiger partial charge is 0.465 e. The van der Waals surface area contributed by atoms with Gasteiger partial charge in [0.25, 0.3) is 0 Å². The highest BCUT2D eigenvalue weighted by Gasteiger charge is 2.72. The van der Waals surface area contributed by atoms with Gasteiger partial charge in [0.05, 0.1) is 18.1 Å². The molecular weight excluding hydrogens is 518 g/mol. The van der Waals surface area contributed by atoms with Crippen LogP contribution in [0.4, 0.5) is 0 Å². The van der Waals surface area contributed by atoms with Crippen LogP contribution < -0.4 is 0 Å². The lowest BCUT2D eigenvalue weighted by molar-refractivity contribution is -0.248. The number of fused-ring (bicyclic) bond motifs is 7. The first-order valence-corrected chi connectivity index (χ1v) is 18.0. The van der Waals surface area contributed by atoms with E-state index in [0.29, 0.717) is 36.2 Å². The number of rotatable bonds is 7. The molecule has 10 unspecified atom stereocenters. The van der Waals surface area contributed by atoms with E-state index in [1.165, 1.54) is 57.2 Å². The zero-order valence-electron chi connectivity index (χ0n) is 28.1. The van der Waals surface area contributed by atoms with Crippen LogP contribution in [0.5, 0.6) is 0 Å². The Balaban J connectivity index is 1.23. The number of carbonyl (C=O) groups is 1. The highest BCUT2D eigenvalue weighted by atomic mass is 16.5. The summed E-state index contributed by atoms with van der Waals surface area (Å²) in [4.78, 5) is 16.7. The van der Waals surface area contributed by atoms with Crippen molar-refractivity contribution in [3.63, 3.8) is 0 Å². The van der Waals surface area contributed by atoms with E-state index in [-0.39, 0.29) is 39.1 Å². The Morgan fingerprint density at radius 1 is 0.857 bits per heavy atom. The zero-order valence-corrected chi connectivity index (χ0v) is 28.1. The Morgan fingerprint density at radius 2 is 1.60 bits per heavy atom. The fourth-order valence-electron chi connectivity index (χ4n) is 13.2. The molecule has 0 aromatic heterocycles. The molecule has 0 aromatic carbocycles. The molecule has 0 bridgehead atoms. The van der Waals surface area contributed by atoms with Gasteiger partial charge in [0, 0.05) is 0 Å². The molecule has 42 heavy (non-hydrogen) atoms. The van der Waals surface area contributed by atoms with Crippen molar-refractivity contribution >= 4 is 5.97 Å². The zero-order chi connectivity index (χ0) is 30.1. The van der Waals surface area contributed by atoms with E-state index in [9.17, 15) is 9.90 Å². The van der Waals surface area contributed by atoms with Gasteiger partial charge in [0.1, 0.15) is 0 Å². The monoisotopic (exact) mass is 581 g/mol. The standard InChI is InChI=1S/C38H63NO3/c1-26(2)27-14-19-38(33(41)42-25-11-10-24-39-22-8-9-23-39)21-20-36(6)28(32(27)38)12-13-30-35(5)17-16-31(40)34(3,4)29(35)15-18-37(30,36)7/h27-32,40H,1,8-25H2,2-7H3. The van der Waals surface area contributed by atoms with Crippen molar-refractivity contribution in [2.45, 2.75) is 138 Å². The minimum Gasteiger partial charge on any atom is -0.465 e. The number of aliphatic hydroxyl groups excluding tert-OH is 1. The molecule has 0 amide bonds.